The van der Waals surface area contributed by atoms with Gasteiger partial charge in [0.25, 0.3) is 0 Å². The molecule has 0 amide bonds. The van der Waals surface area contributed by atoms with E-state index in [4.69, 9.17) is 4.74 Å². The summed E-state index contributed by atoms with van der Waals surface area (Å²) in [6, 6.07) is 3.77. The Hall–Kier alpha value is -1.84. The predicted molar refractivity (Wildman–Crippen MR) is 72.5 cm³/mol. The molecule has 0 bridgehead atoms. The average Bonchev–Trinajstić information content (AvgIpc) is 3.16. The number of ether oxygens (including phenoxy) is 1. The lowest BCUT2D eigenvalue weighted by molar-refractivity contribution is 0.0503. The fourth-order valence-electron chi connectivity index (χ4n) is 2.39. The van der Waals surface area contributed by atoms with Gasteiger partial charge in [-0.2, -0.15) is 0 Å². The van der Waals surface area contributed by atoms with Crippen molar-refractivity contribution in [2.24, 2.45) is 0 Å². The van der Waals surface area contributed by atoms with Gasteiger partial charge in [-0.25, -0.2) is 9.78 Å². The largest absolute Gasteiger partial charge is 0.462 e. The van der Waals surface area contributed by atoms with Crippen LogP contribution < -0.4 is 0 Å². The Labute approximate surface area is 112 Å². The van der Waals surface area contributed by atoms with Gasteiger partial charge in [-0.1, -0.05) is 6.92 Å². The highest BCUT2D eigenvalue weighted by Crippen LogP contribution is 2.39. The summed E-state index contributed by atoms with van der Waals surface area (Å²) in [6.45, 7) is 4.42. The van der Waals surface area contributed by atoms with E-state index in [9.17, 15) is 4.79 Å². The summed E-state index contributed by atoms with van der Waals surface area (Å²) in [4.78, 5) is 16.5. The van der Waals surface area contributed by atoms with Crippen LogP contribution in [0.3, 0.4) is 0 Å². The molecule has 0 aromatic carbocycles. The topological polar surface area (TPSA) is 43.6 Å². The first-order chi connectivity index (χ1) is 9.22. The third kappa shape index (κ3) is 2.11. The minimum absolute atomic E-state index is 0.239. The maximum atomic E-state index is 12.0. The number of imidazole rings is 1. The Bertz CT molecular complexity index is 626. The number of nitrogens with zero attached hydrogens (tertiary/aromatic N) is 2. The first kappa shape index (κ1) is 12.2. The third-order valence-corrected chi connectivity index (χ3v) is 3.56. The maximum absolute atomic E-state index is 12.0. The Balaban J connectivity index is 2.03. The molecule has 0 unspecified atom stereocenters. The lowest BCUT2D eigenvalue weighted by Gasteiger charge is -2.10. The number of esters is 1. The first-order valence-electron chi connectivity index (χ1n) is 6.86. The van der Waals surface area contributed by atoms with Crippen LogP contribution in [0.25, 0.3) is 5.52 Å². The minimum Gasteiger partial charge on any atom is -0.462 e. The van der Waals surface area contributed by atoms with Gasteiger partial charge in [0.1, 0.15) is 5.82 Å². The highest BCUT2D eigenvalue weighted by molar-refractivity contribution is 5.91. The summed E-state index contributed by atoms with van der Waals surface area (Å²) in [7, 11) is 0. The number of aryl methyl sites for hydroxylation is 1. The minimum atomic E-state index is -0.239. The van der Waals surface area contributed by atoms with Crippen molar-refractivity contribution in [3.8, 4) is 0 Å². The van der Waals surface area contributed by atoms with Gasteiger partial charge in [0.05, 0.1) is 23.9 Å². The van der Waals surface area contributed by atoms with E-state index in [0.717, 1.165) is 23.5 Å². The van der Waals surface area contributed by atoms with Crippen LogP contribution in [-0.4, -0.2) is 22.0 Å². The van der Waals surface area contributed by atoms with Crippen LogP contribution in [0.5, 0.6) is 0 Å². The van der Waals surface area contributed by atoms with Crippen LogP contribution in [-0.2, 0) is 4.74 Å². The first-order valence-corrected chi connectivity index (χ1v) is 6.86. The molecule has 2 aromatic rings. The molecule has 0 atom stereocenters. The molecule has 3 rings (SSSR count). The van der Waals surface area contributed by atoms with E-state index in [1.807, 2.05) is 32.2 Å². The second-order valence-corrected chi connectivity index (χ2v) is 5.12. The van der Waals surface area contributed by atoms with Crippen molar-refractivity contribution >= 4 is 11.5 Å². The smallest absolute Gasteiger partial charge is 0.339 e. The molecule has 4 nitrogen and oxygen atoms in total. The Kier molecular flexibility index (Phi) is 3.01. The summed E-state index contributed by atoms with van der Waals surface area (Å²) in [5.74, 6) is 1.40. The van der Waals surface area contributed by atoms with E-state index >= 15 is 0 Å². The van der Waals surface area contributed by atoms with Crippen molar-refractivity contribution in [2.75, 3.05) is 6.61 Å². The van der Waals surface area contributed by atoms with Gasteiger partial charge < -0.3 is 4.74 Å². The number of fused-ring (bicyclic) bond motifs is 1. The van der Waals surface area contributed by atoms with Crippen molar-refractivity contribution in [1.29, 1.82) is 0 Å². The summed E-state index contributed by atoms with van der Waals surface area (Å²) >= 11 is 0. The zero-order valence-corrected chi connectivity index (χ0v) is 11.3. The van der Waals surface area contributed by atoms with Crippen molar-refractivity contribution in [3.05, 3.63) is 35.4 Å². The Morgan fingerprint density at radius 1 is 1.47 bits per heavy atom. The molecule has 1 fully saturated rings. The second kappa shape index (κ2) is 4.68. The summed E-state index contributed by atoms with van der Waals surface area (Å²) in [6.07, 6.45) is 5.11. The number of aromatic nitrogens is 2. The van der Waals surface area contributed by atoms with Crippen molar-refractivity contribution in [2.45, 2.75) is 39.0 Å². The molecule has 2 aromatic heterocycles. The highest BCUT2D eigenvalue weighted by Gasteiger charge is 2.29. The van der Waals surface area contributed by atoms with E-state index in [1.165, 1.54) is 12.8 Å². The van der Waals surface area contributed by atoms with Crippen LogP contribution in [0.15, 0.2) is 18.3 Å². The number of hydrogen-bond acceptors (Lipinski definition) is 3. The fraction of sp³-hybridized carbons (Fsp3) is 0.467. The van der Waals surface area contributed by atoms with Gasteiger partial charge in [-0.15, -0.1) is 0 Å². The van der Waals surface area contributed by atoms with Crippen LogP contribution in [0, 0.1) is 6.92 Å². The molecule has 1 aliphatic rings. The van der Waals surface area contributed by atoms with Gasteiger partial charge in [-0.3, -0.25) is 4.40 Å². The van der Waals surface area contributed by atoms with Crippen LogP contribution in [0.1, 0.15) is 54.0 Å². The monoisotopic (exact) mass is 258 g/mol. The zero-order valence-electron chi connectivity index (χ0n) is 11.3. The van der Waals surface area contributed by atoms with E-state index in [1.54, 1.807) is 0 Å². The molecule has 1 aliphatic carbocycles. The summed E-state index contributed by atoms with van der Waals surface area (Å²) in [5, 5.41) is 0. The Morgan fingerprint density at radius 3 is 2.95 bits per heavy atom. The molecule has 0 aliphatic heterocycles. The summed E-state index contributed by atoms with van der Waals surface area (Å²) < 4.78 is 7.32. The average molecular weight is 258 g/mol. The molecule has 19 heavy (non-hydrogen) atoms. The molecule has 0 radical (unpaired) electrons. The van der Waals surface area contributed by atoms with Gasteiger partial charge in [0.2, 0.25) is 0 Å². The standard InChI is InChI=1S/C15H18N2O2/c1-3-8-19-15(18)13-7-6-12-9-16-14(11-4-5-11)17(12)10(13)2/h6-7,9,11H,3-5,8H2,1-2H3. The number of hydrogen-bond donors (Lipinski definition) is 0. The van der Waals surface area contributed by atoms with Crippen LogP contribution in [0.2, 0.25) is 0 Å². The molecule has 100 valence electrons. The Morgan fingerprint density at radius 2 is 2.26 bits per heavy atom. The van der Waals surface area contributed by atoms with Crippen molar-refractivity contribution < 1.29 is 9.53 Å². The normalized spacial score (nSPS) is 14.8. The van der Waals surface area contributed by atoms with Gasteiger partial charge in [-0.05, 0) is 38.3 Å². The number of rotatable bonds is 4. The molecule has 1 saturated carbocycles. The van der Waals surface area contributed by atoms with Crippen molar-refractivity contribution in [3.63, 3.8) is 0 Å². The van der Waals surface area contributed by atoms with Crippen LogP contribution in [0.4, 0.5) is 0 Å². The van der Waals surface area contributed by atoms with Gasteiger partial charge >= 0.3 is 5.97 Å². The number of carbonyl (C=O) groups excluding carboxylic acids is 1. The van der Waals surface area contributed by atoms with Crippen LogP contribution >= 0.6 is 0 Å². The predicted octanol–water partition coefficient (Wildman–Crippen LogP) is 3.09. The molecule has 4 heteroatoms. The summed E-state index contributed by atoms with van der Waals surface area (Å²) in [5.41, 5.74) is 2.62. The third-order valence-electron chi connectivity index (χ3n) is 3.56. The second-order valence-electron chi connectivity index (χ2n) is 5.12. The van der Waals surface area contributed by atoms with Crippen molar-refractivity contribution in [1.82, 2.24) is 9.38 Å². The van der Waals surface area contributed by atoms with E-state index in [-0.39, 0.29) is 5.97 Å². The SMILES string of the molecule is CCCOC(=O)c1ccc2cnc(C3CC3)n2c1C. The van der Waals surface area contributed by atoms with E-state index in [0.29, 0.717) is 18.1 Å². The lowest BCUT2D eigenvalue weighted by atomic mass is 10.2. The zero-order chi connectivity index (χ0) is 13.4. The van der Waals surface area contributed by atoms with E-state index < -0.39 is 0 Å². The molecular formula is C15H18N2O2. The number of carbonyl (C=O) groups is 1. The molecule has 2 heterocycles. The van der Waals surface area contributed by atoms with Gasteiger partial charge in [0, 0.05) is 11.6 Å². The molecular weight excluding hydrogens is 240 g/mol. The fourth-order valence-corrected chi connectivity index (χ4v) is 2.39. The lowest BCUT2D eigenvalue weighted by Crippen LogP contribution is -2.11. The number of pyridine rings is 1. The molecule has 0 spiro atoms. The van der Waals surface area contributed by atoms with Gasteiger partial charge in [0.15, 0.2) is 0 Å². The molecule has 0 N–H and O–H groups in total. The molecule has 0 saturated heterocycles. The maximum Gasteiger partial charge on any atom is 0.339 e. The highest BCUT2D eigenvalue weighted by atomic mass is 16.5. The van der Waals surface area contributed by atoms with E-state index in [2.05, 4.69) is 9.38 Å². The quantitative estimate of drug-likeness (QED) is 0.791.